The predicted molar refractivity (Wildman–Crippen MR) is 158 cm³/mol. The number of hydrazine groups is 1. The minimum Gasteiger partial charge on any atom is -0.508 e. The second-order valence-electron chi connectivity index (χ2n) is 11.0. The van der Waals surface area contributed by atoms with E-state index in [1.54, 1.807) is 57.3 Å². The van der Waals surface area contributed by atoms with Gasteiger partial charge in [-0.25, -0.2) is 19.8 Å². The molecular weight excluding hydrogens is 534 g/mol. The van der Waals surface area contributed by atoms with Gasteiger partial charge >= 0.3 is 6.03 Å². The summed E-state index contributed by atoms with van der Waals surface area (Å²) in [6.07, 6.45) is 1.23. The Morgan fingerprint density at radius 2 is 1.79 bits per heavy atom. The number of aromatic hydroxyl groups is 1. The van der Waals surface area contributed by atoms with Gasteiger partial charge in [-0.15, -0.1) is 0 Å². The highest BCUT2D eigenvalue weighted by Crippen LogP contribution is 2.30. The molecule has 3 atom stereocenters. The zero-order chi connectivity index (χ0) is 30.0. The zero-order valence-corrected chi connectivity index (χ0v) is 24.3. The highest BCUT2D eigenvalue weighted by atomic mass is 16.3. The van der Waals surface area contributed by atoms with Crippen LogP contribution in [0.25, 0.3) is 0 Å². The van der Waals surface area contributed by atoms with Gasteiger partial charge in [0, 0.05) is 45.9 Å². The zero-order valence-electron chi connectivity index (χ0n) is 24.3. The molecule has 11 nitrogen and oxygen atoms in total. The Morgan fingerprint density at radius 1 is 1.07 bits per heavy atom. The lowest BCUT2D eigenvalue weighted by Gasteiger charge is -2.54. The first-order chi connectivity index (χ1) is 20.1. The molecule has 0 bridgehead atoms. The fourth-order valence-corrected chi connectivity index (χ4v) is 5.74. The van der Waals surface area contributed by atoms with Crippen LogP contribution in [0.5, 0.6) is 5.75 Å². The molecule has 0 spiro atoms. The smallest absolute Gasteiger partial charge is 0.334 e. The Kier molecular flexibility index (Phi) is 8.30. The summed E-state index contributed by atoms with van der Waals surface area (Å²) >= 11 is 0. The molecule has 42 heavy (non-hydrogen) atoms. The van der Waals surface area contributed by atoms with E-state index in [9.17, 15) is 19.5 Å². The minimum atomic E-state index is -0.837. The largest absolute Gasteiger partial charge is 0.508 e. The van der Waals surface area contributed by atoms with Crippen molar-refractivity contribution >= 4 is 23.7 Å². The van der Waals surface area contributed by atoms with Crippen molar-refractivity contribution in [2.45, 2.75) is 38.1 Å². The summed E-state index contributed by atoms with van der Waals surface area (Å²) in [5.74, 6) is 0.427. The molecule has 2 N–H and O–H groups in total. The molecule has 11 heteroatoms. The monoisotopic (exact) mass is 571 g/mol. The maximum atomic E-state index is 14.1. The average molecular weight is 572 g/mol. The minimum absolute atomic E-state index is 0.0453. The number of phenolic OH excluding ortho intramolecular Hbond substituents is 1. The van der Waals surface area contributed by atoms with Crippen LogP contribution >= 0.6 is 0 Å². The van der Waals surface area contributed by atoms with E-state index in [0.717, 1.165) is 22.5 Å². The number of nitrogens with zero attached hydrogens (tertiary/aromatic N) is 6. The van der Waals surface area contributed by atoms with E-state index in [-0.39, 0.29) is 55.7 Å². The number of likely N-dealkylation sites (N-methyl/N-ethyl adjacent to an activating group) is 1. The average Bonchev–Trinajstić information content (AvgIpc) is 2.96. The first-order valence-electron chi connectivity index (χ1n) is 14.0. The maximum Gasteiger partial charge on any atom is 0.334 e. The Balaban J connectivity index is 1.49. The van der Waals surface area contributed by atoms with Crippen molar-refractivity contribution in [3.05, 3.63) is 89.6 Å². The molecule has 0 aliphatic carbocycles. The number of nitrogens with one attached hydrogen (secondary N) is 1. The number of anilines is 1. The molecule has 2 aromatic carbocycles. The van der Waals surface area contributed by atoms with Gasteiger partial charge in [0.2, 0.25) is 11.8 Å². The Bertz CT molecular complexity index is 1430. The van der Waals surface area contributed by atoms with Crippen LogP contribution in [0.1, 0.15) is 29.7 Å². The molecule has 1 aromatic heterocycles. The SMILES string of the molecule is C[C@H](NC(=O)N1C2CN(Cc3cccnc3N(C)C)C(=O)[C@H](Cc3ccc(O)cc3)N2C(=O)CN1C)c1ccccc1. The van der Waals surface area contributed by atoms with Gasteiger partial charge in [-0.2, -0.15) is 0 Å². The summed E-state index contributed by atoms with van der Waals surface area (Å²) in [5.41, 5.74) is 2.61. The normalized spacial score (nSPS) is 19.9. The van der Waals surface area contributed by atoms with E-state index in [2.05, 4.69) is 10.3 Å². The molecule has 3 aromatic rings. The molecule has 1 unspecified atom stereocenters. The summed E-state index contributed by atoms with van der Waals surface area (Å²) in [6, 6.07) is 18.6. The van der Waals surface area contributed by atoms with Crippen LogP contribution in [-0.2, 0) is 22.6 Å². The lowest BCUT2D eigenvalue weighted by atomic mass is 9.98. The number of benzene rings is 2. The number of carbonyl (C=O) groups is 3. The van der Waals surface area contributed by atoms with Crippen LogP contribution in [0.15, 0.2) is 72.9 Å². The number of hydrogen-bond donors (Lipinski definition) is 2. The number of piperazine rings is 1. The molecule has 220 valence electrons. The van der Waals surface area contributed by atoms with E-state index in [0.29, 0.717) is 0 Å². The van der Waals surface area contributed by atoms with Gasteiger partial charge < -0.3 is 25.1 Å². The van der Waals surface area contributed by atoms with Crippen LogP contribution in [0.4, 0.5) is 10.6 Å². The number of rotatable bonds is 7. The van der Waals surface area contributed by atoms with Crippen molar-refractivity contribution in [2.24, 2.45) is 0 Å². The number of urea groups is 1. The molecule has 2 aliphatic rings. The Hall–Kier alpha value is -4.64. The van der Waals surface area contributed by atoms with Crippen molar-refractivity contribution in [1.82, 2.24) is 30.1 Å². The van der Waals surface area contributed by atoms with Gasteiger partial charge in [-0.05, 0) is 36.2 Å². The highest BCUT2D eigenvalue weighted by Gasteiger charge is 2.50. The standard InChI is InChI=1S/C31H37N7O4/c1-21(23-9-6-5-7-10-23)33-31(42)38-27-19-36(18-24-11-8-16-32-29(24)34(2)3)30(41)26(37(27)28(40)20-35(38)4)17-22-12-14-25(39)15-13-22/h5-16,21,26-27,39H,17-20H2,1-4H3,(H,33,42)/t21-,26-,27?/m0/s1. The lowest BCUT2D eigenvalue weighted by molar-refractivity contribution is -0.187. The summed E-state index contributed by atoms with van der Waals surface area (Å²) < 4.78 is 0. The molecule has 5 rings (SSSR count). The fraction of sp³-hybridized carbons (Fsp3) is 0.355. The second kappa shape index (κ2) is 12.1. The van der Waals surface area contributed by atoms with E-state index in [4.69, 9.17) is 0 Å². The number of aromatic nitrogens is 1. The third kappa shape index (κ3) is 5.87. The molecule has 2 saturated heterocycles. The molecule has 2 fully saturated rings. The van der Waals surface area contributed by atoms with Crippen LogP contribution in [0, 0.1) is 0 Å². The number of carbonyl (C=O) groups excluding carboxylic acids is 3. The van der Waals surface area contributed by atoms with Gasteiger partial charge in [0.05, 0.1) is 19.1 Å². The summed E-state index contributed by atoms with van der Waals surface area (Å²) in [6.45, 7) is 2.27. The third-order valence-electron chi connectivity index (χ3n) is 7.80. The van der Waals surface area contributed by atoms with E-state index < -0.39 is 12.2 Å². The molecular formula is C31H37N7O4. The molecule has 0 radical (unpaired) electrons. The van der Waals surface area contributed by atoms with Crippen LogP contribution < -0.4 is 10.2 Å². The highest BCUT2D eigenvalue weighted by molar-refractivity contribution is 5.91. The van der Waals surface area contributed by atoms with Crippen LogP contribution in [0.3, 0.4) is 0 Å². The summed E-state index contributed by atoms with van der Waals surface area (Å²) in [5, 5.41) is 16.0. The van der Waals surface area contributed by atoms with Gasteiger partial charge in [0.1, 0.15) is 23.8 Å². The second-order valence-corrected chi connectivity index (χ2v) is 11.0. The molecule has 0 saturated carbocycles. The maximum absolute atomic E-state index is 14.1. The fourth-order valence-electron chi connectivity index (χ4n) is 5.74. The van der Waals surface area contributed by atoms with Crippen molar-refractivity contribution in [2.75, 3.05) is 39.1 Å². The number of phenols is 1. The Morgan fingerprint density at radius 3 is 2.48 bits per heavy atom. The number of fused-ring (bicyclic) bond motifs is 1. The quantitative estimate of drug-likeness (QED) is 0.448. The first kappa shape index (κ1) is 28.9. The van der Waals surface area contributed by atoms with Crippen molar-refractivity contribution in [1.29, 1.82) is 0 Å². The van der Waals surface area contributed by atoms with Crippen molar-refractivity contribution in [3.63, 3.8) is 0 Å². The van der Waals surface area contributed by atoms with Crippen molar-refractivity contribution in [3.8, 4) is 5.75 Å². The first-order valence-corrected chi connectivity index (χ1v) is 14.0. The van der Waals surface area contributed by atoms with Crippen LogP contribution in [-0.4, -0.2) is 94.2 Å². The number of pyridine rings is 1. The van der Waals surface area contributed by atoms with Crippen LogP contribution in [0.2, 0.25) is 0 Å². The summed E-state index contributed by atoms with van der Waals surface area (Å²) in [7, 11) is 5.50. The lowest BCUT2D eigenvalue weighted by Crippen LogP contribution is -2.76. The van der Waals surface area contributed by atoms with Gasteiger partial charge in [0.15, 0.2) is 0 Å². The number of amides is 4. The third-order valence-corrected chi connectivity index (χ3v) is 7.80. The van der Waals surface area contributed by atoms with Crippen molar-refractivity contribution < 1.29 is 19.5 Å². The number of hydrogen-bond acceptors (Lipinski definition) is 7. The Labute approximate surface area is 245 Å². The van der Waals surface area contributed by atoms with E-state index >= 15 is 0 Å². The molecule has 4 amide bonds. The predicted octanol–water partition coefficient (Wildman–Crippen LogP) is 2.59. The van der Waals surface area contributed by atoms with Gasteiger partial charge in [-0.1, -0.05) is 48.5 Å². The van der Waals surface area contributed by atoms with Gasteiger partial charge in [-0.3, -0.25) is 9.59 Å². The van der Waals surface area contributed by atoms with E-state index in [1.807, 2.05) is 68.4 Å². The molecule has 3 heterocycles. The summed E-state index contributed by atoms with van der Waals surface area (Å²) in [4.78, 5) is 51.2. The van der Waals surface area contributed by atoms with E-state index in [1.165, 1.54) is 0 Å². The molecule has 2 aliphatic heterocycles. The topological polar surface area (TPSA) is 113 Å². The van der Waals surface area contributed by atoms with Gasteiger partial charge in [0.25, 0.3) is 0 Å².